The van der Waals surface area contributed by atoms with Crippen LogP contribution in [0.15, 0.2) is 140 Å². The summed E-state index contributed by atoms with van der Waals surface area (Å²) in [7, 11) is 0. The van der Waals surface area contributed by atoms with Crippen LogP contribution in [0, 0.1) is 10.1 Å². The highest BCUT2D eigenvalue weighted by atomic mass is 16.6. The van der Waals surface area contributed by atoms with Gasteiger partial charge in [0.15, 0.2) is 5.75 Å². The number of amides is 2. The van der Waals surface area contributed by atoms with E-state index >= 15 is 0 Å². The quantitative estimate of drug-likeness (QED) is 0.0340. The summed E-state index contributed by atoms with van der Waals surface area (Å²) in [5, 5.41) is 12.0. The molecule has 2 N–H and O–H groups in total. The number of rotatable bonds is 20. The van der Waals surface area contributed by atoms with E-state index in [1.807, 2.05) is 24.3 Å². The van der Waals surface area contributed by atoms with Crippen LogP contribution in [0.5, 0.6) is 17.2 Å². The highest BCUT2D eigenvalue weighted by molar-refractivity contribution is 6.01. The minimum absolute atomic E-state index is 0.0301. The monoisotopic (exact) mass is 929 g/mol. The topological polar surface area (TPSA) is 161 Å². The molecule has 6 aromatic carbocycles. The van der Waals surface area contributed by atoms with Gasteiger partial charge in [-0.05, 0) is 158 Å². The van der Waals surface area contributed by atoms with Crippen LogP contribution in [0.1, 0.15) is 115 Å². The van der Waals surface area contributed by atoms with E-state index in [2.05, 4.69) is 84.9 Å². The zero-order chi connectivity index (χ0) is 48.5. The SMILES string of the molecule is CC(C)(C)OC(=O)CC[C@@H](C(N)=O)N1Cc2cc(-c3ccc([N+](=O)[O-])c(OCCCCCOc4ccc(C5c6ccc(OCc7ccccc7)cc6CC[C@@H]5c5ccccc5)cc4)c3)ccc2C1=O. The summed E-state index contributed by atoms with van der Waals surface area (Å²) in [4.78, 5) is 51.2. The van der Waals surface area contributed by atoms with Gasteiger partial charge < -0.3 is 29.6 Å². The number of unbranched alkanes of at least 4 members (excludes halogenated alkanes) is 2. The van der Waals surface area contributed by atoms with Crippen LogP contribution in [0.2, 0.25) is 0 Å². The molecule has 69 heavy (non-hydrogen) atoms. The summed E-state index contributed by atoms with van der Waals surface area (Å²) in [5.74, 6) is 0.790. The maximum absolute atomic E-state index is 13.4. The van der Waals surface area contributed by atoms with Crippen molar-refractivity contribution in [3.8, 4) is 28.4 Å². The van der Waals surface area contributed by atoms with Crippen LogP contribution in [0.25, 0.3) is 11.1 Å². The fourth-order valence-corrected chi connectivity index (χ4v) is 9.46. The number of esters is 1. The van der Waals surface area contributed by atoms with Crippen molar-refractivity contribution in [1.82, 2.24) is 4.90 Å². The minimum Gasteiger partial charge on any atom is -0.494 e. The lowest BCUT2D eigenvalue weighted by Gasteiger charge is -2.35. The molecule has 1 aliphatic heterocycles. The third-order valence-corrected chi connectivity index (χ3v) is 12.8. The van der Waals surface area contributed by atoms with Gasteiger partial charge in [-0.2, -0.15) is 0 Å². The van der Waals surface area contributed by atoms with Crippen molar-refractivity contribution in [1.29, 1.82) is 0 Å². The lowest BCUT2D eigenvalue weighted by molar-refractivity contribution is -0.385. The first-order chi connectivity index (χ1) is 33.3. The van der Waals surface area contributed by atoms with E-state index in [0.717, 1.165) is 48.3 Å². The largest absolute Gasteiger partial charge is 0.494 e. The van der Waals surface area contributed by atoms with Gasteiger partial charge in [0.1, 0.15) is 29.7 Å². The molecule has 2 aliphatic rings. The molecule has 356 valence electrons. The first-order valence-electron chi connectivity index (χ1n) is 23.8. The zero-order valence-corrected chi connectivity index (χ0v) is 39.4. The molecule has 6 aromatic rings. The number of carbonyl (C=O) groups is 3. The number of aryl methyl sites for hydroxylation is 1. The summed E-state index contributed by atoms with van der Waals surface area (Å²) in [5.41, 5.74) is 13.7. The van der Waals surface area contributed by atoms with Crippen molar-refractivity contribution in [3.05, 3.63) is 189 Å². The smallest absolute Gasteiger partial charge is 0.310 e. The molecule has 1 unspecified atom stereocenters. The molecule has 0 saturated heterocycles. The Kier molecular flexibility index (Phi) is 15.1. The molecule has 0 bridgehead atoms. The molecule has 0 radical (unpaired) electrons. The highest BCUT2D eigenvalue weighted by Gasteiger charge is 2.37. The number of nitro groups is 1. The number of carbonyl (C=O) groups excluding carboxylic acids is 3. The standard InChI is InChI=1S/C57H59N3O9/c1-57(2,3)69-53(61)30-29-51(55(58)62)59-36-44-33-41(19-26-49(44)56(59)63)42-21-28-50(60(64)65)52(35-42)67-32-12-6-11-31-66-45-22-17-40(18-23-45)54-47(39-15-9-5-10-16-39)25-20-43-34-46(24-27-48(43)54)68-37-38-13-7-4-8-14-38/h4-5,7-10,13-19,21-24,26-28,33-35,47,51,54H,6,11-12,20,25,29-32,36-37H2,1-3H3,(H2,58,62)/t47-,51+,54?/m1/s1. The Bertz CT molecular complexity index is 2770. The first-order valence-corrected chi connectivity index (χ1v) is 23.8. The van der Waals surface area contributed by atoms with E-state index in [4.69, 9.17) is 24.7 Å². The molecule has 1 aliphatic carbocycles. The number of fused-ring (bicyclic) bond motifs is 2. The summed E-state index contributed by atoms with van der Waals surface area (Å²) in [6.07, 6.45) is 4.19. The Morgan fingerprint density at radius 2 is 1.43 bits per heavy atom. The molecule has 8 rings (SSSR count). The van der Waals surface area contributed by atoms with Gasteiger partial charge in [0.25, 0.3) is 5.91 Å². The molecule has 12 heteroatoms. The van der Waals surface area contributed by atoms with E-state index in [0.29, 0.717) is 42.2 Å². The third-order valence-electron chi connectivity index (χ3n) is 12.8. The second-order valence-corrected chi connectivity index (χ2v) is 18.8. The Morgan fingerprint density at radius 3 is 2.14 bits per heavy atom. The maximum Gasteiger partial charge on any atom is 0.310 e. The van der Waals surface area contributed by atoms with Crippen LogP contribution in [0.3, 0.4) is 0 Å². The van der Waals surface area contributed by atoms with Crippen molar-refractivity contribution in [2.24, 2.45) is 5.73 Å². The van der Waals surface area contributed by atoms with E-state index < -0.39 is 28.4 Å². The fourth-order valence-electron chi connectivity index (χ4n) is 9.46. The Hall–Kier alpha value is -7.47. The van der Waals surface area contributed by atoms with Gasteiger partial charge in [-0.3, -0.25) is 24.5 Å². The van der Waals surface area contributed by atoms with E-state index in [-0.39, 0.29) is 49.3 Å². The molecule has 0 aromatic heterocycles. The average Bonchev–Trinajstić information content (AvgIpc) is 3.67. The van der Waals surface area contributed by atoms with E-state index in [1.165, 1.54) is 33.2 Å². The third kappa shape index (κ3) is 12.0. The van der Waals surface area contributed by atoms with Gasteiger partial charge in [-0.15, -0.1) is 0 Å². The Balaban J connectivity index is 0.844. The molecule has 0 saturated carbocycles. The predicted octanol–water partition coefficient (Wildman–Crippen LogP) is 11.3. The van der Waals surface area contributed by atoms with Crippen LogP contribution in [-0.4, -0.2) is 52.5 Å². The second-order valence-electron chi connectivity index (χ2n) is 18.8. The number of primary amides is 1. The molecule has 3 atom stereocenters. The number of hydrogen-bond acceptors (Lipinski definition) is 9. The number of benzene rings is 6. The van der Waals surface area contributed by atoms with Crippen LogP contribution >= 0.6 is 0 Å². The van der Waals surface area contributed by atoms with Gasteiger partial charge in [-0.25, -0.2) is 0 Å². The molecule has 12 nitrogen and oxygen atoms in total. The fraction of sp³-hybridized carbons (Fsp3) is 0.316. The number of nitrogens with two attached hydrogens (primary N) is 1. The van der Waals surface area contributed by atoms with Crippen LogP contribution in [0.4, 0.5) is 5.69 Å². The molecule has 0 fully saturated rings. The van der Waals surface area contributed by atoms with Crippen LogP contribution in [-0.2, 0) is 33.9 Å². The summed E-state index contributed by atoms with van der Waals surface area (Å²) in [6.45, 7) is 6.70. The van der Waals surface area contributed by atoms with Crippen molar-refractivity contribution in [2.75, 3.05) is 13.2 Å². The maximum atomic E-state index is 13.4. The van der Waals surface area contributed by atoms with E-state index in [9.17, 15) is 24.5 Å². The molecule has 2 amide bonds. The lowest BCUT2D eigenvalue weighted by atomic mass is 9.69. The van der Waals surface area contributed by atoms with E-state index in [1.54, 1.807) is 45.0 Å². The minimum atomic E-state index is -1.00. The summed E-state index contributed by atoms with van der Waals surface area (Å²) in [6, 6.07) is 45.0. The zero-order valence-electron chi connectivity index (χ0n) is 39.4. The molecular weight excluding hydrogens is 871 g/mol. The van der Waals surface area contributed by atoms with Gasteiger partial charge in [0.05, 0.1) is 18.1 Å². The van der Waals surface area contributed by atoms with Crippen molar-refractivity contribution in [3.63, 3.8) is 0 Å². The molecule has 1 heterocycles. The molecular formula is C57H59N3O9. The number of nitro benzene ring substituents is 1. The summed E-state index contributed by atoms with van der Waals surface area (Å²) >= 11 is 0. The van der Waals surface area contributed by atoms with Crippen molar-refractivity contribution < 1.29 is 38.3 Å². The normalized spacial score (nSPS) is 15.7. The van der Waals surface area contributed by atoms with Gasteiger partial charge in [-0.1, -0.05) is 84.9 Å². The first kappa shape index (κ1) is 48.0. The Labute approximate surface area is 403 Å². The lowest BCUT2D eigenvalue weighted by Crippen LogP contribution is -2.45. The van der Waals surface area contributed by atoms with Crippen molar-refractivity contribution >= 4 is 23.5 Å². The van der Waals surface area contributed by atoms with Gasteiger partial charge in [0, 0.05) is 30.5 Å². The predicted molar refractivity (Wildman–Crippen MR) is 264 cm³/mol. The average molecular weight is 930 g/mol. The molecule has 0 spiro atoms. The summed E-state index contributed by atoms with van der Waals surface area (Å²) < 4.78 is 23.8. The van der Waals surface area contributed by atoms with Gasteiger partial charge >= 0.3 is 11.7 Å². The van der Waals surface area contributed by atoms with Gasteiger partial charge in [0.2, 0.25) is 5.91 Å². The van der Waals surface area contributed by atoms with Crippen LogP contribution < -0.4 is 19.9 Å². The van der Waals surface area contributed by atoms with Crippen molar-refractivity contribution in [2.45, 2.75) is 102 Å². The number of nitrogens with zero attached hydrogens (tertiary/aromatic N) is 2. The highest BCUT2D eigenvalue weighted by Crippen LogP contribution is 2.47. The number of hydrogen-bond donors (Lipinski definition) is 1. The second kappa shape index (κ2) is 21.7. The number of ether oxygens (including phenoxy) is 4. The Morgan fingerprint density at radius 1 is 0.754 bits per heavy atom.